The van der Waals surface area contributed by atoms with E-state index in [2.05, 4.69) is 4.74 Å². The molecule has 0 aliphatic rings. The molecule has 0 heterocycles. The van der Waals surface area contributed by atoms with Crippen LogP contribution >= 0.6 is 0 Å². The molecule has 0 aliphatic carbocycles. The molecule has 0 radical (unpaired) electrons. The van der Waals surface area contributed by atoms with E-state index in [9.17, 15) is 9.59 Å². The molecule has 4 nitrogen and oxygen atoms in total. The normalized spacial score (nSPS) is 8.57. The van der Waals surface area contributed by atoms with E-state index < -0.39 is 0 Å². The third kappa shape index (κ3) is 22.5. The van der Waals surface area contributed by atoms with Crippen LogP contribution in [0.1, 0.15) is 34.1 Å². The number of Topliss-reactive ketones (excluding diaryl/α,β-unsaturated/α-hetero) is 1. The minimum Gasteiger partial charge on any atom is -0.466 e. The Morgan fingerprint density at radius 1 is 1.07 bits per heavy atom. The van der Waals surface area contributed by atoms with Crippen LogP contribution in [-0.2, 0) is 19.1 Å². The highest BCUT2D eigenvalue weighted by Crippen LogP contribution is 1.86. The molecule has 84 valence electrons. The summed E-state index contributed by atoms with van der Waals surface area (Å²) in [6, 6.07) is 0. The van der Waals surface area contributed by atoms with Crippen LogP contribution in [0.15, 0.2) is 0 Å². The lowest BCUT2D eigenvalue weighted by molar-refractivity contribution is -0.144. The first-order chi connectivity index (χ1) is 6.54. The second-order valence-corrected chi connectivity index (χ2v) is 2.66. The van der Waals surface area contributed by atoms with Gasteiger partial charge in [-0.1, -0.05) is 0 Å². The van der Waals surface area contributed by atoms with E-state index in [4.69, 9.17) is 4.74 Å². The molecule has 0 aromatic heterocycles. The van der Waals surface area contributed by atoms with Gasteiger partial charge in [0.25, 0.3) is 0 Å². The Labute approximate surface area is 85.6 Å². The minimum absolute atomic E-state index is 0.167. The van der Waals surface area contributed by atoms with Crippen LogP contribution in [0.2, 0.25) is 0 Å². The van der Waals surface area contributed by atoms with Crippen molar-refractivity contribution < 1.29 is 19.1 Å². The van der Waals surface area contributed by atoms with Gasteiger partial charge in [0.2, 0.25) is 0 Å². The van der Waals surface area contributed by atoms with E-state index >= 15 is 0 Å². The van der Waals surface area contributed by atoms with Gasteiger partial charge in [0.15, 0.2) is 0 Å². The van der Waals surface area contributed by atoms with E-state index in [-0.39, 0.29) is 11.8 Å². The average Bonchev–Trinajstić information content (AvgIpc) is 2.04. The Balaban J connectivity index is 0. The molecule has 4 heteroatoms. The number of esters is 1. The summed E-state index contributed by atoms with van der Waals surface area (Å²) in [4.78, 5) is 20.1. The quantitative estimate of drug-likeness (QED) is 0.504. The highest BCUT2D eigenvalue weighted by molar-refractivity contribution is 5.72. The SMILES string of the molecule is CC(C)=O.CCOCCC(=O)OCC. The van der Waals surface area contributed by atoms with Crippen LogP contribution in [0.3, 0.4) is 0 Å². The maximum absolute atomic E-state index is 10.6. The lowest BCUT2D eigenvalue weighted by atomic mass is 10.5. The lowest BCUT2D eigenvalue weighted by Gasteiger charge is -2.00. The van der Waals surface area contributed by atoms with Crippen molar-refractivity contribution in [1.29, 1.82) is 0 Å². The zero-order chi connectivity index (χ0) is 11.4. The number of ketones is 1. The summed E-state index contributed by atoms with van der Waals surface area (Å²) < 4.78 is 9.62. The fraction of sp³-hybridized carbons (Fsp3) is 0.800. The molecular weight excluding hydrogens is 184 g/mol. The summed E-state index contributed by atoms with van der Waals surface area (Å²) in [5.41, 5.74) is 0. The predicted molar refractivity (Wildman–Crippen MR) is 54.1 cm³/mol. The van der Waals surface area contributed by atoms with E-state index in [1.165, 1.54) is 13.8 Å². The molecule has 0 aliphatic heterocycles. The number of ether oxygens (including phenoxy) is 2. The monoisotopic (exact) mass is 204 g/mol. The zero-order valence-electron chi connectivity index (χ0n) is 9.46. The molecule has 0 saturated carbocycles. The van der Waals surface area contributed by atoms with E-state index in [0.29, 0.717) is 26.2 Å². The first-order valence-corrected chi connectivity index (χ1v) is 4.75. The van der Waals surface area contributed by atoms with Crippen LogP contribution in [0, 0.1) is 0 Å². The second-order valence-electron chi connectivity index (χ2n) is 2.66. The summed E-state index contributed by atoms with van der Waals surface area (Å²) >= 11 is 0. The Hall–Kier alpha value is -0.900. The van der Waals surface area contributed by atoms with Crippen molar-refractivity contribution in [3.05, 3.63) is 0 Å². The second kappa shape index (κ2) is 12.1. The van der Waals surface area contributed by atoms with Gasteiger partial charge >= 0.3 is 5.97 Å². The van der Waals surface area contributed by atoms with Gasteiger partial charge in [-0.25, -0.2) is 0 Å². The van der Waals surface area contributed by atoms with Crippen LogP contribution in [0.4, 0.5) is 0 Å². The maximum Gasteiger partial charge on any atom is 0.308 e. The van der Waals surface area contributed by atoms with Crippen molar-refractivity contribution in [2.24, 2.45) is 0 Å². The van der Waals surface area contributed by atoms with Gasteiger partial charge in [0, 0.05) is 6.61 Å². The molecule has 0 aromatic rings. The molecule has 0 bridgehead atoms. The summed E-state index contributed by atoms with van der Waals surface area (Å²) in [6.45, 7) is 8.31. The van der Waals surface area contributed by atoms with Gasteiger partial charge in [0.05, 0.1) is 19.6 Å². The maximum atomic E-state index is 10.6. The summed E-state index contributed by atoms with van der Waals surface area (Å²) in [6.07, 6.45) is 0.363. The van der Waals surface area contributed by atoms with Crippen molar-refractivity contribution in [3.63, 3.8) is 0 Å². The fourth-order valence-corrected chi connectivity index (χ4v) is 0.533. The molecule has 0 saturated heterocycles. The van der Waals surface area contributed by atoms with Gasteiger partial charge in [-0.2, -0.15) is 0 Å². The summed E-state index contributed by atoms with van der Waals surface area (Å²) in [5.74, 6) is -0.0176. The van der Waals surface area contributed by atoms with Gasteiger partial charge in [-0.15, -0.1) is 0 Å². The molecule has 0 atom stereocenters. The standard InChI is InChI=1S/C7H14O3.C3H6O/c1-3-9-6-5-7(8)10-4-2;1-3(2)4/h3-6H2,1-2H3;1-2H3. The highest BCUT2D eigenvalue weighted by Gasteiger charge is 1.98. The van der Waals surface area contributed by atoms with E-state index in [0.717, 1.165) is 0 Å². The Morgan fingerprint density at radius 2 is 1.57 bits per heavy atom. The predicted octanol–water partition coefficient (Wildman–Crippen LogP) is 1.57. The number of rotatable bonds is 5. The Kier molecular flexibility index (Phi) is 13.5. The number of carbonyl (C=O) groups is 2. The van der Waals surface area contributed by atoms with Gasteiger partial charge < -0.3 is 14.3 Å². The highest BCUT2D eigenvalue weighted by atomic mass is 16.5. The van der Waals surface area contributed by atoms with Crippen molar-refractivity contribution >= 4 is 11.8 Å². The van der Waals surface area contributed by atoms with Crippen molar-refractivity contribution in [3.8, 4) is 0 Å². The van der Waals surface area contributed by atoms with Crippen LogP contribution in [0.25, 0.3) is 0 Å². The van der Waals surface area contributed by atoms with Crippen LogP contribution < -0.4 is 0 Å². The molecular formula is C10H20O4. The van der Waals surface area contributed by atoms with Gasteiger partial charge in [0.1, 0.15) is 5.78 Å². The number of hydrogen-bond acceptors (Lipinski definition) is 4. The molecule has 14 heavy (non-hydrogen) atoms. The Morgan fingerprint density at radius 3 is 1.93 bits per heavy atom. The summed E-state index contributed by atoms with van der Waals surface area (Å²) in [7, 11) is 0. The van der Waals surface area contributed by atoms with Crippen LogP contribution in [0.5, 0.6) is 0 Å². The first kappa shape index (κ1) is 15.6. The van der Waals surface area contributed by atoms with Gasteiger partial charge in [-0.3, -0.25) is 4.79 Å². The fourth-order valence-electron chi connectivity index (χ4n) is 0.533. The first-order valence-electron chi connectivity index (χ1n) is 4.75. The molecule has 0 fully saturated rings. The van der Waals surface area contributed by atoms with Gasteiger partial charge in [-0.05, 0) is 27.7 Å². The minimum atomic E-state index is -0.184. The molecule has 0 N–H and O–H groups in total. The van der Waals surface area contributed by atoms with Crippen molar-refractivity contribution in [2.45, 2.75) is 34.1 Å². The number of carbonyl (C=O) groups excluding carboxylic acids is 2. The molecule has 0 unspecified atom stereocenters. The summed E-state index contributed by atoms with van der Waals surface area (Å²) in [5, 5.41) is 0. The lowest BCUT2D eigenvalue weighted by Crippen LogP contribution is -2.07. The van der Waals surface area contributed by atoms with Crippen molar-refractivity contribution in [1.82, 2.24) is 0 Å². The third-order valence-corrected chi connectivity index (χ3v) is 0.960. The zero-order valence-corrected chi connectivity index (χ0v) is 9.46. The topological polar surface area (TPSA) is 52.6 Å². The van der Waals surface area contributed by atoms with Crippen LogP contribution in [-0.4, -0.2) is 31.6 Å². The molecule has 0 spiro atoms. The van der Waals surface area contributed by atoms with E-state index in [1.807, 2.05) is 6.92 Å². The average molecular weight is 204 g/mol. The smallest absolute Gasteiger partial charge is 0.308 e. The Bertz CT molecular complexity index is 150. The number of hydrogen-bond donors (Lipinski definition) is 0. The molecule has 0 rings (SSSR count). The van der Waals surface area contributed by atoms with E-state index in [1.54, 1.807) is 6.92 Å². The largest absolute Gasteiger partial charge is 0.466 e. The third-order valence-electron chi connectivity index (χ3n) is 0.960. The molecule has 0 amide bonds. The molecule has 0 aromatic carbocycles. The van der Waals surface area contributed by atoms with Crippen molar-refractivity contribution in [2.75, 3.05) is 19.8 Å².